The van der Waals surface area contributed by atoms with Crippen LogP contribution in [0.15, 0.2) is 45.6 Å². The molecule has 0 radical (unpaired) electrons. The van der Waals surface area contributed by atoms with Gasteiger partial charge in [-0.15, -0.1) is 0 Å². The fourth-order valence-corrected chi connectivity index (χ4v) is 2.86. The van der Waals surface area contributed by atoms with Crippen LogP contribution in [0.25, 0.3) is 0 Å². The maximum Gasteiger partial charge on any atom is 0.339 e. The third-order valence-corrected chi connectivity index (χ3v) is 4.21. The molecule has 2 amide bonds. The second kappa shape index (κ2) is 7.61. The highest BCUT2D eigenvalue weighted by Gasteiger charge is 2.27. The Morgan fingerprint density at radius 1 is 1.36 bits per heavy atom. The first-order chi connectivity index (χ1) is 12.0. The molecule has 1 atom stereocenters. The Hall–Kier alpha value is -2.47. The van der Waals surface area contributed by atoms with E-state index in [1.54, 1.807) is 30.0 Å². The summed E-state index contributed by atoms with van der Waals surface area (Å²) in [4.78, 5) is 25.3. The zero-order valence-corrected chi connectivity index (χ0v) is 14.6. The molecule has 25 heavy (non-hydrogen) atoms. The number of nitrogens with zero attached hydrogens (tertiary/aromatic N) is 1. The number of likely N-dealkylation sites (tertiary alicyclic amines) is 1. The lowest BCUT2D eigenvalue weighted by molar-refractivity contribution is 0.185. The summed E-state index contributed by atoms with van der Waals surface area (Å²) < 4.78 is 10.7. The SMILES string of the molecule is Cc1cc(OC2CCN(C(=O)NCc3ccc(Cl)cc3)C2)cc(=O)o1. The molecular formula is C18H19ClN2O4. The van der Waals surface area contributed by atoms with E-state index in [4.69, 9.17) is 20.8 Å². The predicted octanol–water partition coefficient (Wildman–Crippen LogP) is 2.96. The van der Waals surface area contributed by atoms with Gasteiger partial charge in [-0.05, 0) is 24.6 Å². The van der Waals surface area contributed by atoms with E-state index in [1.165, 1.54) is 6.07 Å². The van der Waals surface area contributed by atoms with Crippen LogP contribution in [0.5, 0.6) is 5.75 Å². The first kappa shape index (κ1) is 17.4. The monoisotopic (exact) mass is 362 g/mol. The molecule has 1 aliphatic rings. The summed E-state index contributed by atoms with van der Waals surface area (Å²) in [5.74, 6) is 0.972. The van der Waals surface area contributed by atoms with E-state index < -0.39 is 5.63 Å². The van der Waals surface area contributed by atoms with Gasteiger partial charge in [0.05, 0.1) is 12.6 Å². The molecule has 1 unspecified atom stereocenters. The number of nitrogens with one attached hydrogen (secondary N) is 1. The molecule has 1 N–H and O–H groups in total. The number of halogens is 1. The number of ether oxygens (including phenoxy) is 1. The molecule has 1 aromatic heterocycles. The zero-order valence-electron chi connectivity index (χ0n) is 13.8. The second-order valence-electron chi connectivity index (χ2n) is 5.98. The van der Waals surface area contributed by atoms with Crippen LogP contribution in [0.3, 0.4) is 0 Å². The summed E-state index contributed by atoms with van der Waals surface area (Å²) in [6, 6.07) is 10.2. The van der Waals surface area contributed by atoms with E-state index in [1.807, 2.05) is 12.1 Å². The molecule has 1 saturated heterocycles. The highest BCUT2D eigenvalue weighted by Crippen LogP contribution is 2.18. The van der Waals surface area contributed by atoms with Crippen molar-refractivity contribution in [1.29, 1.82) is 0 Å². The molecule has 0 aliphatic carbocycles. The Labute approximate surface area is 150 Å². The third kappa shape index (κ3) is 4.76. The number of benzene rings is 1. The lowest BCUT2D eigenvalue weighted by Crippen LogP contribution is -2.39. The minimum atomic E-state index is -0.439. The topological polar surface area (TPSA) is 71.8 Å². The van der Waals surface area contributed by atoms with Gasteiger partial charge >= 0.3 is 11.7 Å². The number of amides is 2. The smallest absolute Gasteiger partial charge is 0.339 e. The molecule has 0 spiro atoms. The summed E-state index contributed by atoms with van der Waals surface area (Å²) >= 11 is 5.85. The Kier molecular flexibility index (Phi) is 5.28. The molecule has 1 aromatic carbocycles. The van der Waals surface area contributed by atoms with Crippen LogP contribution in [0.2, 0.25) is 5.02 Å². The number of urea groups is 1. The van der Waals surface area contributed by atoms with Crippen LogP contribution in [0.4, 0.5) is 4.79 Å². The fourth-order valence-electron chi connectivity index (χ4n) is 2.74. The van der Waals surface area contributed by atoms with Crippen LogP contribution in [0.1, 0.15) is 17.7 Å². The predicted molar refractivity (Wildman–Crippen MR) is 94.0 cm³/mol. The molecule has 1 aliphatic heterocycles. The van der Waals surface area contributed by atoms with Gasteiger partial charge in [0.15, 0.2) is 0 Å². The van der Waals surface area contributed by atoms with Gasteiger partial charge in [-0.2, -0.15) is 0 Å². The standard InChI is InChI=1S/C18H19ClN2O4/c1-12-8-16(9-17(22)24-12)25-15-6-7-21(11-15)18(23)20-10-13-2-4-14(19)5-3-13/h2-5,8-9,15H,6-7,10-11H2,1H3,(H,20,23). The van der Waals surface area contributed by atoms with Crippen molar-refractivity contribution >= 4 is 17.6 Å². The van der Waals surface area contributed by atoms with E-state index in [-0.39, 0.29) is 12.1 Å². The summed E-state index contributed by atoms with van der Waals surface area (Å²) in [6.45, 7) is 3.22. The Morgan fingerprint density at radius 2 is 2.12 bits per heavy atom. The van der Waals surface area contributed by atoms with Crippen molar-refractivity contribution in [3.8, 4) is 5.75 Å². The van der Waals surface area contributed by atoms with Gasteiger partial charge in [-0.3, -0.25) is 0 Å². The normalized spacial score (nSPS) is 16.7. The highest BCUT2D eigenvalue weighted by molar-refractivity contribution is 6.30. The molecule has 7 heteroatoms. The lowest BCUT2D eigenvalue weighted by atomic mass is 10.2. The highest BCUT2D eigenvalue weighted by atomic mass is 35.5. The molecule has 0 saturated carbocycles. The van der Waals surface area contributed by atoms with Gasteiger partial charge in [0.1, 0.15) is 17.6 Å². The Morgan fingerprint density at radius 3 is 2.84 bits per heavy atom. The third-order valence-electron chi connectivity index (χ3n) is 3.96. The fraction of sp³-hybridized carbons (Fsp3) is 0.333. The maximum atomic E-state index is 12.3. The molecular weight excluding hydrogens is 344 g/mol. The van der Waals surface area contributed by atoms with Crippen LogP contribution in [-0.2, 0) is 6.54 Å². The largest absolute Gasteiger partial charge is 0.488 e. The number of carbonyl (C=O) groups is 1. The molecule has 2 aromatic rings. The van der Waals surface area contributed by atoms with Crippen molar-refractivity contribution in [1.82, 2.24) is 10.2 Å². The molecule has 3 rings (SSSR count). The van der Waals surface area contributed by atoms with Crippen molar-refractivity contribution in [2.75, 3.05) is 13.1 Å². The number of hydrogen-bond acceptors (Lipinski definition) is 4. The first-order valence-corrected chi connectivity index (χ1v) is 8.43. The van der Waals surface area contributed by atoms with Crippen molar-refractivity contribution in [3.05, 3.63) is 63.2 Å². The number of rotatable bonds is 4. The van der Waals surface area contributed by atoms with E-state index in [9.17, 15) is 9.59 Å². The van der Waals surface area contributed by atoms with Crippen molar-refractivity contribution in [2.24, 2.45) is 0 Å². The van der Waals surface area contributed by atoms with Gasteiger partial charge < -0.3 is 19.4 Å². The van der Waals surface area contributed by atoms with Crippen LogP contribution < -0.4 is 15.7 Å². The zero-order chi connectivity index (χ0) is 17.8. The summed E-state index contributed by atoms with van der Waals surface area (Å²) in [5, 5.41) is 3.55. The second-order valence-corrected chi connectivity index (χ2v) is 6.42. The minimum absolute atomic E-state index is 0.134. The number of hydrogen-bond donors (Lipinski definition) is 1. The van der Waals surface area contributed by atoms with Crippen molar-refractivity contribution in [3.63, 3.8) is 0 Å². The molecule has 132 valence electrons. The molecule has 0 bridgehead atoms. The molecule has 1 fully saturated rings. The number of aryl methyl sites for hydroxylation is 1. The van der Waals surface area contributed by atoms with Gasteiger partial charge in [0, 0.05) is 30.6 Å². The van der Waals surface area contributed by atoms with Crippen molar-refractivity contribution < 1.29 is 13.9 Å². The summed E-state index contributed by atoms with van der Waals surface area (Å²) in [5.41, 5.74) is 0.543. The first-order valence-electron chi connectivity index (χ1n) is 8.05. The van der Waals surface area contributed by atoms with Gasteiger partial charge in [0.25, 0.3) is 0 Å². The van der Waals surface area contributed by atoms with E-state index in [0.717, 1.165) is 5.56 Å². The quantitative estimate of drug-likeness (QED) is 0.907. The average Bonchev–Trinajstić information content (AvgIpc) is 3.01. The van der Waals surface area contributed by atoms with Gasteiger partial charge in [0.2, 0.25) is 0 Å². The van der Waals surface area contributed by atoms with Crippen LogP contribution in [0, 0.1) is 6.92 Å². The molecule has 6 nitrogen and oxygen atoms in total. The number of carbonyl (C=O) groups excluding carboxylic acids is 1. The van der Waals surface area contributed by atoms with E-state index >= 15 is 0 Å². The Balaban J connectivity index is 1.50. The van der Waals surface area contributed by atoms with Gasteiger partial charge in [-0.25, -0.2) is 9.59 Å². The van der Waals surface area contributed by atoms with E-state index in [2.05, 4.69) is 5.32 Å². The summed E-state index contributed by atoms with van der Waals surface area (Å²) in [6.07, 6.45) is 0.579. The minimum Gasteiger partial charge on any atom is -0.488 e. The van der Waals surface area contributed by atoms with E-state index in [0.29, 0.717) is 42.6 Å². The van der Waals surface area contributed by atoms with Crippen LogP contribution in [-0.4, -0.2) is 30.1 Å². The molecule has 2 heterocycles. The van der Waals surface area contributed by atoms with Crippen molar-refractivity contribution in [2.45, 2.75) is 26.0 Å². The lowest BCUT2D eigenvalue weighted by Gasteiger charge is -2.18. The maximum absolute atomic E-state index is 12.3. The van der Waals surface area contributed by atoms with Gasteiger partial charge in [-0.1, -0.05) is 23.7 Å². The average molecular weight is 363 g/mol. The summed E-state index contributed by atoms with van der Waals surface area (Å²) in [7, 11) is 0. The Bertz CT molecular complexity index is 803. The van der Waals surface area contributed by atoms with Crippen LogP contribution >= 0.6 is 11.6 Å².